The van der Waals surface area contributed by atoms with Gasteiger partial charge in [-0.2, -0.15) is 33.7 Å². The summed E-state index contributed by atoms with van der Waals surface area (Å²) in [5.41, 5.74) is 2.55. The van der Waals surface area contributed by atoms with Crippen molar-refractivity contribution in [1.82, 2.24) is 0 Å². The molecule has 0 amide bonds. The number of rotatable bonds is 14. The topological polar surface area (TPSA) is 40.5 Å². The predicted octanol–water partition coefficient (Wildman–Crippen LogP) is 10.2. The summed E-state index contributed by atoms with van der Waals surface area (Å²) in [5.74, 6) is -1.34. The van der Waals surface area contributed by atoms with Crippen molar-refractivity contribution in [3.8, 4) is 5.75 Å². The molecule has 2 nitrogen and oxygen atoms in total. The SMILES string of the molecule is C[C@]12C[C@H](CCCCCCCCCSCCCC(F)(F)C(F)(F)F)[C@@H]3c4ccc(O)cc4CC[C@H]3C13CCC2(O)CC3. The highest BCUT2D eigenvalue weighted by Crippen LogP contribution is 2.78. The highest BCUT2D eigenvalue weighted by Gasteiger charge is 2.74. The lowest BCUT2D eigenvalue weighted by atomic mass is 9.45. The molecule has 2 N–H and O–H groups in total. The number of aromatic hydroxyl groups is 1. The number of hydrogen-bond donors (Lipinski definition) is 2. The van der Waals surface area contributed by atoms with Gasteiger partial charge in [0, 0.05) is 11.8 Å². The molecule has 2 bridgehead atoms. The van der Waals surface area contributed by atoms with Crippen LogP contribution in [0.4, 0.5) is 22.0 Å². The zero-order valence-electron chi connectivity index (χ0n) is 25.1. The number of benzene rings is 1. The van der Waals surface area contributed by atoms with E-state index in [1.54, 1.807) is 0 Å². The minimum atomic E-state index is -5.44. The second-order valence-electron chi connectivity index (χ2n) is 14.2. The average Bonchev–Trinajstić information content (AvgIpc) is 3.29. The Kier molecular flexibility index (Phi) is 9.56. The van der Waals surface area contributed by atoms with E-state index in [2.05, 4.69) is 13.0 Å². The van der Waals surface area contributed by atoms with Crippen molar-refractivity contribution in [1.29, 1.82) is 0 Å². The van der Waals surface area contributed by atoms with E-state index in [-0.39, 0.29) is 17.3 Å². The molecule has 1 aromatic carbocycles. The van der Waals surface area contributed by atoms with E-state index in [1.165, 1.54) is 61.4 Å². The Morgan fingerprint density at radius 1 is 0.881 bits per heavy atom. The molecule has 8 heteroatoms. The van der Waals surface area contributed by atoms with Crippen LogP contribution in [0.5, 0.6) is 5.75 Å². The van der Waals surface area contributed by atoms with Gasteiger partial charge in [-0.1, -0.05) is 51.5 Å². The molecule has 0 saturated heterocycles. The van der Waals surface area contributed by atoms with E-state index in [1.807, 2.05) is 12.1 Å². The highest BCUT2D eigenvalue weighted by molar-refractivity contribution is 7.99. The van der Waals surface area contributed by atoms with Crippen molar-refractivity contribution >= 4 is 11.8 Å². The van der Waals surface area contributed by atoms with E-state index in [0.29, 0.717) is 29.3 Å². The maximum Gasteiger partial charge on any atom is 0.453 e. The molecule has 0 aliphatic heterocycles. The molecule has 1 aromatic rings. The largest absolute Gasteiger partial charge is 0.508 e. The summed E-state index contributed by atoms with van der Waals surface area (Å²) in [6.07, 6.45) is 9.97. The van der Waals surface area contributed by atoms with Crippen LogP contribution in [0.15, 0.2) is 18.2 Å². The van der Waals surface area contributed by atoms with Gasteiger partial charge in [-0.3, -0.25) is 0 Å². The first-order chi connectivity index (χ1) is 19.8. The quantitative estimate of drug-likeness (QED) is 0.161. The van der Waals surface area contributed by atoms with Gasteiger partial charge in [0.15, 0.2) is 0 Å². The van der Waals surface area contributed by atoms with Gasteiger partial charge < -0.3 is 10.2 Å². The minimum absolute atomic E-state index is 0.0114. The van der Waals surface area contributed by atoms with Crippen LogP contribution in [0.2, 0.25) is 0 Å². The van der Waals surface area contributed by atoms with Crippen molar-refractivity contribution in [2.75, 3.05) is 11.5 Å². The molecular weight excluding hydrogens is 567 g/mol. The zero-order valence-corrected chi connectivity index (χ0v) is 25.9. The van der Waals surface area contributed by atoms with Crippen molar-refractivity contribution in [3.05, 3.63) is 29.3 Å². The first kappa shape index (κ1) is 32.4. The van der Waals surface area contributed by atoms with Crippen molar-refractivity contribution in [2.45, 2.75) is 140 Å². The predicted molar refractivity (Wildman–Crippen MR) is 159 cm³/mol. The number of unbranched alkanes of at least 4 members (excludes halogenated alkanes) is 6. The van der Waals surface area contributed by atoms with Gasteiger partial charge in [0.05, 0.1) is 5.60 Å². The van der Waals surface area contributed by atoms with Crippen LogP contribution in [-0.4, -0.2) is 39.4 Å². The number of phenolic OH excluding ortho intramolecular Hbond substituents is 1. The fraction of sp³-hybridized carbons (Fsp3) is 0.824. The summed E-state index contributed by atoms with van der Waals surface area (Å²) in [5, 5.41) is 21.9. The molecule has 238 valence electrons. The lowest BCUT2D eigenvalue weighted by molar-refractivity contribution is -0.284. The van der Waals surface area contributed by atoms with Gasteiger partial charge in [0.1, 0.15) is 5.75 Å². The molecule has 3 fully saturated rings. The van der Waals surface area contributed by atoms with Gasteiger partial charge in [-0.15, -0.1) is 0 Å². The molecule has 0 unspecified atom stereocenters. The number of thioether (sulfide) groups is 1. The summed E-state index contributed by atoms with van der Waals surface area (Å²) in [4.78, 5) is 0. The number of hydrogen-bond acceptors (Lipinski definition) is 3. The smallest absolute Gasteiger partial charge is 0.453 e. The third kappa shape index (κ3) is 5.86. The van der Waals surface area contributed by atoms with Crippen LogP contribution in [0.3, 0.4) is 0 Å². The zero-order chi connectivity index (χ0) is 30.2. The molecule has 4 aliphatic carbocycles. The summed E-state index contributed by atoms with van der Waals surface area (Å²) in [6, 6.07) is 6.05. The second-order valence-corrected chi connectivity index (χ2v) is 15.4. The number of fused-ring (bicyclic) bond motifs is 3. The normalized spacial score (nSPS) is 33.8. The first-order valence-corrected chi connectivity index (χ1v) is 17.6. The van der Waals surface area contributed by atoms with Crippen LogP contribution < -0.4 is 0 Å². The van der Waals surface area contributed by atoms with Crippen LogP contribution >= 0.6 is 11.8 Å². The van der Waals surface area contributed by atoms with Gasteiger partial charge in [-0.25, -0.2) is 0 Å². The highest BCUT2D eigenvalue weighted by atomic mass is 32.2. The number of halogens is 5. The Bertz CT molecular complexity index is 1070. The fourth-order valence-corrected chi connectivity index (χ4v) is 10.9. The lowest BCUT2D eigenvalue weighted by Crippen LogP contribution is -2.54. The van der Waals surface area contributed by atoms with Gasteiger partial charge >= 0.3 is 12.1 Å². The Labute approximate surface area is 252 Å². The molecule has 4 aliphatic rings. The van der Waals surface area contributed by atoms with Gasteiger partial charge in [-0.05, 0) is 122 Å². The Hall–Kier alpha value is -1.02. The number of aliphatic hydroxyl groups is 1. The molecule has 0 heterocycles. The van der Waals surface area contributed by atoms with Crippen molar-refractivity contribution in [2.24, 2.45) is 22.7 Å². The van der Waals surface area contributed by atoms with E-state index in [4.69, 9.17) is 0 Å². The first-order valence-electron chi connectivity index (χ1n) is 16.4. The molecule has 0 aromatic heterocycles. The fourth-order valence-electron chi connectivity index (χ4n) is 9.96. The van der Waals surface area contributed by atoms with Crippen LogP contribution in [-0.2, 0) is 6.42 Å². The summed E-state index contributed by atoms with van der Waals surface area (Å²) >= 11 is 1.47. The van der Waals surface area contributed by atoms with Crippen molar-refractivity contribution in [3.63, 3.8) is 0 Å². The maximum absolute atomic E-state index is 12.9. The maximum atomic E-state index is 12.9. The van der Waals surface area contributed by atoms with Crippen LogP contribution in [0.25, 0.3) is 0 Å². The molecule has 0 spiro atoms. The summed E-state index contributed by atoms with van der Waals surface area (Å²) in [6.45, 7) is 2.42. The monoisotopic (exact) mass is 616 g/mol. The van der Waals surface area contributed by atoms with Gasteiger partial charge in [0.2, 0.25) is 0 Å². The van der Waals surface area contributed by atoms with Crippen molar-refractivity contribution < 1.29 is 32.2 Å². The Morgan fingerprint density at radius 3 is 2.21 bits per heavy atom. The van der Waals surface area contributed by atoms with E-state index >= 15 is 0 Å². The molecule has 42 heavy (non-hydrogen) atoms. The van der Waals surface area contributed by atoms with E-state index in [9.17, 15) is 32.2 Å². The standard InChI is InChI=1S/C34H49F5O2S/c1-30-23-25(10-7-5-3-2-4-6-8-20-42-21-9-15-33(35,36)34(37,38)39)29-27-13-12-26(40)22-24(27)11-14-28(29)31(30)16-18-32(30,41)19-17-31/h12-13,22,25,28-29,40-41H,2-11,14-21,23H2,1H3/t25-,28+,29+,30-,31?,32?/m0/s1. The second kappa shape index (κ2) is 12.4. The molecule has 5 rings (SSSR count). The number of alkyl halides is 5. The number of aryl methyl sites for hydroxylation is 1. The summed E-state index contributed by atoms with van der Waals surface area (Å²) in [7, 11) is 0. The average molecular weight is 617 g/mol. The Morgan fingerprint density at radius 2 is 1.52 bits per heavy atom. The third-order valence-corrected chi connectivity index (χ3v) is 13.3. The minimum Gasteiger partial charge on any atom is -0.508 e. The Balaban J connectivity index is 1.04. The van der Waals surface area contributed by atoms with Crippen LogP contribution in [0.1, 0.15) is 127 Å². The lowest BCUT2D eigenvalue weighted by Gasteiger charge is -2.59. The third-order valence-electron chi connectivity index (χ3n) is 12.2. The van der Waals surface area contributed by atoms with Gasteiger partial charge in [0.25, 0.3) is 0 Å². The molecule has 0 radical (unpaired) electrons. The molecule has 4 atom stereocenters. The van der Waals surface area contributed by atoms with E-state index < -0.39 is 24.1 Å². The molecular formula is C34H49F5O2S. The number of phenols is 1. The van der Waals surface area contributed by atoms with E-state index in [0.717, 1.165) is 63.5 Å². The van der Waals surface area contributed by atoms with Crippen LogP contribution in [0, 0.1) is 22.7 Å². The summed E-state index contributed by atoms with van der Waals surface area (Å²) < 4.78 is 62.6. The molecule has 3 saturated carbocycles.